The molecule has 7 heteroatoms. The summed E-state index contributed by atoms with van der Waals surface area (Å²) < 4.78 is 7.78. The molecule has 0 aromatic carbocycles. The smallest absolute Gasteiger partial charge is 0.313 e. The lowest BCUT2D eigenvalue weighted by atomic mass is 9.98. The van der Waals surface area contributed by atoms with E-state index in [0.717, 1.165) is 25.3 Å². The van der Waals surface area contributed by atoms with Crippen LogP contribution in [0.15, 0.2) is 5.16 Å². The van der Waals surface area contributed by atoms with Crippen molar-refractivity contribution in [2.24, 2.45) is 0 Å². The first-order valence-corrected chi connectivity index (χ1v) is 7.94. The third-order valence-corrected chi connectivity index (χ3v) is 4.40. The van der Waals surface area contributed by atoms with Crippen LogP contribution < -0.4 is 0 Å². The Kier molecular flexibility index (Phi) is 5.04. The zero-order valence-electron chi connectivity index (χ0n) is 12.1. The minimum Gasteiger partial charge on any atom is -0.481 e. The van der Waals surface area contributed by atoms with E-state index >= 15 is 0 Å². The summed E-state index contributed by atoms with van der Waals surface area (Å²) in [5.41, 5.74) is 0. The molecule has 1 fully saturated rings. The third-order valence-electron chi connectivity index (χ3n) is 3.48. The number of carboxylic acids is 1. The van der Waals surface area contributed by atoms with Crippen LogP contribution in [0.3, 0.4) is 0 Å². The Balaban J connectivity index is 2.26. The number of rotatable bonds is 6. The molecule has 2 unspecified atom stereocenters. The van der Waals surface area contributed by atoms with Crippen molar-refractivity contribution >= 4 is 17.7 Å². The fourth-order valence-electron chi connectivity index (χ4n) is 2.60. The van der Waals surface area contributed by atoms with E-state index in [1.54, 1.807) is 0 Å². The Morgan fingerprint density at radius 1 is 1.55 bits per heavy atom. The Bertz CT molecular complexity index is 475. The number of hydrogen-bond donors (Lipinski definition) is 1. The van der Waals surface area contributed by atoms with Gasteiger partial charge in [-0.25, -0.2) is 0 Å². The van der Waals surface area contributed by atoms with E-state index in [1.807, 2.05) is 0 Å². The molecule has 1 aliphatic rings. The van der Waals surface area contributed by atoms with Gasteiger partial charge in [-0.05, 0) is 26.7 Å². The molecule has 1 aromatic heterocycles. The highest BCUT2D eigenvalue weighted by molar-refractivity contribution is 7.99. The molecule has 0 radical (unpaired) electrons. The maximum atomic E-state index is 10.7. The first-order chi connectivity index (χ1) is 9.54. The van der Waals surface area contributed by atoms with Gasteiger partial charge in [0.25, 0.3) is 0 Å². The van der Waals surface area contributed by atoms with Crippen LogP contribution in [0.1, 0.15) is 51.4 Å². The molecule has 6 nitrogen and oxygen atoms in total. The van der Waals surface area contributed by atoms with Gasteiger partial charge >= 0.3 is 5.97 Å². The molecular formula is C13H21N3O3S. The van der Waals surface area contributed by atoms with Crippen molar-refractivity contribution in [3.8, 4) is 0 Å². The van der Waals surface area contributed by atoms with Gasteiger partial charge < -0.3 is 14.4 Å². The molecule has 1 aromatic rings. The van der Waals surface area contributed by atoms with E-state index in [0.29, 0.717) is 5.16 Å². The Morgan fingerprint density at radius 2 is 2.30 bits per heavy atom. The molecule has 20 heavy (non-hydrogen) atoms. The lowest BCUT2D eigenvalue weighted by molar-refractivity contribution is -0.133. The summed E-state index contributed by atoms with van der Waals surface area (Å²) in [7, 11) is 0. The van der Waals surface area contributed by atoms with E-state index < -0.39 is 5.97 Å². The number of aromatic nitrogens is 3. The van der Waals surface area contributed by atoms with Gasteiger partial charge in [0, 0.05) is 18.6 Å². The third kappa shape index (κ3) is 3.15. The Morgan fingerprint density at radius 3 is 2.90 bits per heavy atom. The molecular weight excluding hydrogens is 278 g/mol. The number of aliphatic carboxylic acids is 1. The zero-order chi connectivity index (χ0) is 14.7. The van der Waals surface area contributed by atoms with Crippen molar-refractivity contribution in [3.63, 3.8) is 0 Å². The zero-order valence-corrected chi connectivity index (χ0v) is 12.9. The molecule has 112 valence electrons. The van der Waals surface area contributed by atoms with Crippen LogP contribution in [0, 0.1) is 0 Å². The molecule has 0 bridgehead atoms. The SMILES string of the molecule is CCC1OCCC1c1nnc(SCC(=O)O)n1C(C)C. The molecule has 2 heterocycles. The van der Waals surface area contributed by atoms with Crippen LogP contribution >= 0.6 is 11.8 Å². The summed E-state index contributed by atoms with van der Waals surface area (Å²) in [6.07, 6.45) is 2.09. The maximum Gasteiger partial charge on any atom is 0.313 e. The summed E-state index contributed by atoms with van der Waals surface area (Å²) in [4.78, 5) is 10.7. The van der Waals surface area contributed by atoms with Crippen LogP contribution in [-0.2, 0) is 9.53 Å². The van der Waals surface area contributed by atoms with Crippen molar-refractivity contribution in [1.82, 2.24) is 14.8 Å². The van der Waals surface area contributed by atoms with E-state index in [4.69, 9.17) is 9.84 Å². The van der Waals surface area contributed by atoms with Crippen LogP contribution in [0.4, 0.5) is 0 Å². The van der Waals surface area contributed by atoms with Crippen LogP contribution in [-0.4, -0.2) is 44.3 Å². The number of carbonyl (C=O) groups is 1. The second kappa shape index (κ2) is 6.58. The predicted molar refractivity (Wildman–Crippen MR) is 76.2 cm³/mol. The number of ether oxygens (including phenoxy) is 1. The minimum absolute atomic E-state index is 0.00320. The highest BCUT2D eigenvalue weighted by Crippen LogP contribution is 2.35. The van der Waals surface area contributed by atoms with Gasteiger partial charge in [-0.15, -0.1) is 10.2 Å². The monoisotopic (exact) mass is 299 g/mol. The maximum absolute atomic E-state index is 10.7. The molecule has 0 spiro atoms. The van der Waals surface area contributed by atoms with Crippen molar-refractivity contribution in [1.29, 1.82) is 0 Å². The number of carboxylic acid groups (broad SMARTS) is 1. The van der Waals surface area contributed by atoms with Crippen molar-refractivity contribution in [2.45, 2.75) is 56.8 Å². The van der Waals surface area contributed by atoms with Crippen molar-refractivity contribution in [3.05, 3.63) is 5.82 Å². The first kappa shape index (κ1) is 15.3. The second-order valence-corrected chi connectivity index (χ2v) is 6.14. The van der Waals surface area contributed by atoms with Crippen LogP contribution in [0.5, 0.6) is 0 Å². The second-order valence-electron chi connectivity index (χ2n) is 5.20. The van der Waals surface area contributed by atoms with Crippen molar-refractivity contribution < 1.29 is 14.6 Å². The molecule has 1 aliphatic heterocycles. The molecule has 1 N–H and O–H groups in total. The number of nitrogens with zero attached hydrogens (tertiary/aromatic N) is 3. The van der Waals surface area contributed by atoms with E-state index in [2.05, 4.69) is 35.5 Å². The van der Waals surface area contributed by atoms with Gasteiger partial charge in [0.05, 0.1) is 11.9 Å². The quantitative estimate of drug-likeness (QED) is 0.812. The predicted octanol–water partition coefficient (Wildman–Crippen LogP) is 2.32. The average molecular weight is 299 g/mol. The largest absolute Gasteiger partial charge is 0.481 e. The van der Waals surface area contributed by atoms with E-state index in [-0.39, 0.29) is 23.8 Å². The topological polar surface area (TPSA) is 77.2 Å². The van der Waals surface area contributed by atoms with Gasteiger partial charge in [-0.2, -0.15) is 0 Å². The molecule has 0 aliphatic carbocycles. The Labute approximate surface area is 122 Å². The summed E-state index contributed by atoms with van der Waals surface area (Å²) in [5, 5.41) is 18.0. The summed E-state index contributed by atoms with van der Waals surface area (Å²) in [6, 6.07) is 0.203. The summed E-state index contributed by atoms with van der Waals surface area (Å²) in [6.45, 7) is 6.99. The summed E-state index contributed by atoms with van der Waals surface area (Å²) >= 11 is 1.22. The van der Waals surface area contributed by atoms with Crippen LogP contribution in [0.25, 0.3) is 0 Å². The standard InChI is InChI=1S/C13H21N3O3S/c1-4-10-9(5-6-19-10)12-14-15-13(16(12)8(2)3)20-7-11(17)18/h8-10H,4-7H2,1-3H3,(H,17,18). The van der Waals surface area contributed by atoms with Gasteiger partial charge in [-0.1, -0.05) is 18.7 Å². The molecule has 1 saturated heterocycles. The number of hydrogen-bond acceptors (Lipinski definition) is 5. The molecule has 0 saturated carbocycles. The fourth-order valence-corrected chi connectivity index (χ4v) is 3.39. The normalized spacial score (nSPS) is 22.6. The van der Waals surface area contributed by atoms with Gasteiger partial charge in [0.15, 0.2) is 5.16 Å². The van der Waals surface area contributed by atoms with Gasteiger partial charge in [0.1, 0.15) is 5.82 Å². The number of thioether (sulfide) groups is 1. The first-order valence-electron chi connectivity index (χ1n) is 6.95. The summed E-state index contributed by atoms with van der Waals surface area (Å²) in [5.74, 6) is 0.347. The molecule has 2 rings (SSSR count). The average Bonchev–Trinajstić information content (AvgIpc) is 3.01. The Hall–Kier alpha value is -1.08. The van der Waals surface area contributed by atoms with Gasteiger partial charge in [-0.3, -0.25) is 4.79 Å². The van der Waals surface area contributed by atoms with Crippen LogP contribution in [0.2, 0.25) is 0 Å². The van der Waals surface area contributed by atoms with Crippen molar-refractivity contribution in [2.75, 3.05) is 12.4 Å². The van der Waals surface area contributed by atoms with E-state index in [9.17, 15) is 4.79 Å². The lowest BCUT2D eigenvalue weighted by Crippen LogP contribution is -2.19. The fraction of sp³-hybridized carbons (Fsp3) is 0.769. The van der Waals surface area contributed by atoms with Gasteiger partial charge in [0.2, 0.25) is 0 Å². The molecule has 0 amide bonds. The lowest BCUT2D eigenvalue weighted by Gasteiger charge is -2.20. The minimum atomic E-state index is -0.842. The van der Waals surface area contributed by atoms with E-state index in [1.165, 1.54) is 11.8 Å². The molecule has 2 atom stereocenters. The highest BCUT2D eigenvalue weighted by Gasteiger charge is 2.33. The highest BCUT2D eigenvalue weighted by atomic mass is 32.2.